The molecule has 0 atom stereocenters. The summed E-state index contributed by atoms with van der Waals surface area (Å²) in [7, 11) is -2.51. The van der Waals surface area contributed by atoms with E-state index in [0.717, 1.165) is 4.47 Å². The molecule has 2 rings (SSSR count). The Bertz CT molecular complexity index is 864. The van der Waals surface area contributed by atoms with Crippen molar-refractivity contribution >= 4 is 43.5 Å². The molecule has 0 saturated carbocycles. The van der Waals surface area contributed by atoms with Gasteiger partial charge >= 0.3 is 5.97 Å². The van der Waals surface area contributed by atoms with E-state index in [0.29, 0.717) is 11.3 Å². The number of hydrogen-bond acceptors (Lipinski definition) is 5. The van der Waals surface area contributed by atoms with Gasteiger partial charge < -0.3 is 10.1 Å². The van der Waals surface area contributed by atoms with Gasteiger partial charge in [0.25, 0.3) is 0 Å². The van der Waals surface area contributed by atoms with Crippen molar-refractivity contribution in [3.8, 4) is 0 Å². The van der Waals surface area contributed by atoms with Gasteiger partial charge in [-0.2, -0.15) is 0 Å². The Kier molecular flexibility index (Phi) is 6.29. The van der Waals surface area contributed by atoms with E-state index >= 15 is 0 Å². The molecule has 0 heterocycles. The van der Waals surface area contributed by atoms with Crippen LogP contribution >= 0.6 is 15.9 Å². The van der Waals surface area contributed by atoms with E-state index in [2.05, 4.69) is 30.7 Å². The molecule has 0 aliphatic carbocycles. The van der Waals surface area contributed by atoms with Gasteiger partial charge in [0.2, 0.25) is 15.9 Å². The number of rotatable bonds is 6. The number of carbonyl (C=O) groups excluding carboxylic acids is 2. The fraction of sp³-hybridized carbons (Fsp3) is 0.125. The van der Waals surface area contributed by atoms with Crippen molar-refractivity contribution in [3.63, 3.8) is 0 Å². The van der Waals surface area contributed by atoms with Crippen LogP contribution in [0.4, 0.5) is 5.69 Å². The monoisotopic (exact) mass is 426 g/mol. The van der Waals surface area contributed by atoms with Crippen LogP contribution in [0.3, 0.4) is 0 Å². The summed E-state index contributed by atoms with van der Waals surface area (Å²) in [5.74, 6) is -1.02. The highest BCUT2D eigenvalue weighted by Crippen LogP contribution is 2.14. The summed E-state index contributed by atoms with van der Waals surface area (Å²) >= 11 is 3.22. The number of ether oxygens (including phenoxy) is 1. The van der Waals surface area contributed by atoms with Crippen molar-refractivity contribution in [1.29, 1.82) is 0 Å². The van der Waals surface area contributed by atoms with Crippen LogP contribution in [0.25, 0.3) is 0 Å². The summed E-state index contributed by atoms with van der Waals surface area (Å²) in [5, 5.41) is 2.53. The van der Waals surface area contributed by atoms with Gasteiger partial charge in [-0.15, -0.1) is 0 Å². The second-order valence-corrected chi connectivity index (χ2v) is 7.58. The second-order valence-electron chi connectivity index (χ2n) is 4.90. The molecule has 2 N–H and O–H groups in total. The zero-order chi connectivity index (χ0) is 18.4. The number of methoxy groups -OCH3 is 1. The van der Waals surface area contributed by atoms with Gasteiger partial charge in [0.05, 0.1) is 24.1 Å². The third-order valence-electron chi connectivity index (χ3n) is 3.14. The molecule has 0 aromatic heterocycles. The zero-order valence-electron chi connectivity index (χ0n) is 13.2. The molecule has 0 spiro atoms. The highest BCUT2D eigenvalue weighted by Gasteiger charge is 2.15. The lowest BCUT2D eigenvalue weighted by Crippen LogP contribution is -2.32. The van der Waals surface area contributed by atoms with Gasteiger partial charge in [-0.25, -0.2) is 17.9 Å². The van der Waals surface area contributed by atoms with Gasteiger partial charge in [0.15, 0.2) is 0 Å². The lowest BCUT2D eigenvalue weighted by Gasteiger charge is -2.08. The predicted molar refractivity (Wildman–Crippen MR) is 95.7 cm³/mol. The van der Waals surface area contributed by atoms with E-state index in [1.54, 1.807) is 12.1 Å². The first-order chi connectivity index (χ1) is 11.8. The van der Waals surface area contributed by atoms with Crippen molar-refractivity contribution in [3.05, 3.63) is 58.6 Å². The summed E-state index contributed by atoms with van der Waals surface area (Å²) in [4.78, 5) is 23.3. The van der Waals surface area contributed by atoms with Gasteiger partial charge in [0.1, 0.15) is 0 Å². The van der Waals surface area contributed by atoms with Crippen LogP contribution in [0.15, 0.2) is 57.9 Å². The van der Waals surface area contributed by atoms with E-state index in [-0.39, 0.29) is 4.90 Å². The molecule has 132 valence electrons. The molecular formula is C16H15BrN2O5S. The minimum Gasteiger partial charge on any atom is -0.465 e. The van der Waals surface area contributed by atoms with Crippen molar-refractivity contribution in [2.24, 2.45) is 0 Å². The van der Waals surface area contributed by atoms with Crippen LogP contribution in [0.5, 0.6) is 0 Å². The van der Waals surface area contributed by atoms with Gasteiger partial charge in [0, 0.05) is 10.2 Å². The van der Waals surface area contributed by atoms with E-state index in [1.807, 2.05) is 0 Å². The van der Waals surface area contributed by atoms with Crippen molar-refractivity contribution in [1.82, 2.24) is 4.72 Å². The van der Waals surface area contributed by atoms with Crippen LogP contribution in [0.2, 0.25) is 0 Å². The number of benzene rings is 2. The van der Waals surface area contributed by atoms with Crippen LogP contribution < -0.4 is 10.0 Å². The molecular weight excluding hydrogens is 412 g/mol. The Morgan fingerprint density at radius 2 is 1.64 bits per heavy atom. The van der Waals surface area contributed by atoms with Crippen LogP contribution in [0.1, 0.15) is 10.4 Å². The molecule has 1 amide bonds. The molecule has 0 unspecified atom stereocenters. The van der Waals surface area contributed by atoms with E-state index in [1.165, 1.54) is 43.5 Å². The summed E-state index contributed by atoms with van der Waals surface area (Å²) < 4.78 is 31.7. The Labute approximate surface area is 153 Å². The number of amides is 1. The third-order valence-corrected chi connectivity index (χ3v) is 5.08. The minimum atomic E-state index is -3.78. The molecule has 9 heteroatoms. The molecule has 25 heavy (non-hydrogen) atoms. The lowest BCUT2D eigenvalue weighted by atomic mass is 10.2. The number of anilines is 1. The number of carbonyl (C=O) groups is 2. The number of nitrogens with one attached hydrogen (secondary N) is 2. The molecule has 0 saturated heterocycles. The number of esters is 1. The Balaban J connectivity index is 1.94. The average Bonchev–Trinajstić information content (AvgIpc) is 2.60. The van der Waals surface area contributed by atoms with E-state index in [9.17, 15) is 18.0 Å². The smallest absolute Gasteiger partial charge is 0.337 e. The first kappa shape index (κ1) is 19.1. The normalized spacial score (nSPS) is 11.0. The highest BCUT2D eigenvalue weighted by molar-refractivity contribution is 9.10. The predicted octanol–water partition coefficient (Wildman–Crippen LogP) is 2.15. The van der Waals surface area contributed by atoms with Gasteiger partial charge in [-0.05, 0) is 48.5 Å². The second kappa shape index (κ2) is 8.24. The molecule has 0 aliphatic rings. The maximum absolute atomic E-state index is 12.1. The SMILES string of the molecule is COC(=O)c1ccc(NC(=O)CNS(=O)(=O)c2ccc(Br)cc2)cc1. The zero-order valence-corrected chi connectivity index (χ0v) is 15.6. The molecule has 0 radical (unpaired) electrons. The van der Waals surface area contributed by atoms with Gasteiger partial charge in [-0.3, -0.25) is 4.79 Å². The summed E-state index contributed by atoms with van der Waals surface area (Å²) in [5.41, 5.74) is 0.775. The summed E-state index contributed by atoms with van der Waals surface area (Å²) in [6.45, 7) is -0.419. The maximum Gasteiger partial charge on any atom is 0.337 e. The van der Waals surface area contributed by atoms with Crippen molar-refractivity contribution < 1.29 is 22.7 Å². The number of halogens is 1. The van der Waals surface area contributed by atoms with E-state index < -0.39 is 28.4 Å². The Morgan fingerprint density at radius 1 is 1.04 bits per heavy atom. The average molecular weight is 427 g/mol. The quantitative estimate of drug-likeness (QED) is 0.688. The Morgan fingerprint density at radius 3 is 2.20 bits per heavy atom. The number of sulfonamides is 1. The fourth-order valence-electron chi connectivity index (χ4n) is 1.87. The van der Waals surface area contributed by atoms with E-state index in [4.69, 9.17) is 0 Å². The standard InChI is InChI=1S/C16H15BrN2O5S/c1-24-16(21)11-2-6-13(7-3-11)19-15(20)10-18-25(22,23)14-8-4-12(17)5-9-14/h2-9,18H,10H2,1H3,(H,19,20). The van der Waals surface area contributed by atoms with Crippen LogP contribution in [-0.4, -0.2) is 33.9 Å². The van der Waals surface area contributed by atoms with Crippen LogP contribution in [0, 0.1) is 0 Å². The van der Waals surface area contributed by atoms with Gasteiger partial charge in [-0.1, -0.05) is 15.9 Å². The molecule has 2 aromatic rings. The first-order valence-corrected chi connectivity index (χ1v) is 9.33. The topological polar surface area (TPSA) is 102 Å². The first-order valence-electron chi connectivity index (χ1n) is 7.05. The maximum atomic E-state index is 12.1. The summed E-state index contributed by atoms with van der Waals surface area (Å²) in [6.07, 6.45) is 0. The lowest BCUT2D eigenvalue weighted by molar-refractivity contribution is -0.115. The summed E-state index contributed by atoms with van der Waals surface area (Å²) in [6, 6.07) is 12.1. The molecule has 0 bridgehead atoms. The fourth-order valence-corrected chi connectivity index (χ4v) is 3.12. The molecule has 2 aromatic carbocycles. The van der Waals surface area contributed by atoms with Crippen molar-refractivity contribution in [2.45, 2.75) is 4.90 Å². The minimum absolute atomic E-state index is 0.0610. The van der Waals surface area contributed by atoms with Crippen LogP contribution in [-0.2, 0) is 19.6 Å². The molecule has 0 fully saturated rings. The highest BCUT2D eigenvalue weighted by atomic mass is 79.9. The molecule has 0 aliphatic heterocycles. The third kappa shape index (κ3) is 5.38. The van der Waals surface area contributed by atoms with Crippen molar-refractivity contribution in [2.75, 3.05) is 19.0 Å². The Hall–Kier alpha value is -2.23. The largest absolute Gasteiger partial charge is 0.465 e. The molecule has 7 nitrogen and oxygen atoms in total. The number of hydrogen-bond donors (Lipinski definition) is 2.